The molecule has 6 nitrogen and oxygen atoms in total. The SMILES string of the molecule is CCN1CCC(N(C)C(=O)N[C@@H](C(=O)O)C(C)(C)C)CC1. The third-order valence-corrected chi connectivity index (χ3v) is 4.25. The lowest BCUT2D eigenvalue weighted by atomic mass is 9.87. The first-order valence-corrected chi connectivity index (χ1v) is 7.65. The minimum Gasteiger partial charge on any atom is -0.480 e. The molecule has 1 atom stereocenters. The van der Waals surface area contributed by atoms with Gasteiger partial charge >= 0.3 is 12.0 Å². The van der Waals surface area contributed by atoms with Gasteiger partial charge in [-0.3, -0.25) is 0 Å². The smallest absolute Gasteiger partial charge is 0.326 e. The lowest BCUT2D eigenvalue weighted by Crippen LogP contribution is -2.55. The van der Waals surface area contributed by atoms with Gasteiger partial charge < -0.3 is 20.2 Å². The maximum atomic E-state index is 12.3. The molecule has 0 bridgehead atoms. The van der Waals surface area contributed by atoms with Crippen molar-refractivity contribution in [3.63, 3.8) is 0 Å². The number of amides is 2. The molecule has 1 aliphatic rings. The molecule has 1 aliphatic heterocycles. The zero-order valence-electron chi connectivity index (χ0n) is 13.8. The second kappa shape index (κ2) is 7.11. The highest BCUT2D eigenvalue weighted by Gasteiger charge is 2.34. The van der Waals surface area contributed by atoms with Crippen molar-refractivity contribution in [3.8, 4) is 0 Å². The number of rotatable bonds is 4. The summed E-state index contributed by atoms with van der Waals surface area (Å²) in [6.07, 6.45) is 1.87. The summed E-state index contributed by atoms with van der Waals surface area (Å²) in [5.74, 6) is -0.995. The van der Waals surface area contributed by atoms with Gasteiger partial charge in [0, 0.05) is 26.2 Å². The highest BCUT2D eigenvalue weighted by atomic mass is 16.4. The van der Waals surface area contributed by atoms with Crippen molar-refractivity contribution in [2.24, 2.45) is 5.41 Å². The summed E-state index contributed by atoms with van der Waals surface area (Å²) in [5.41, 5.74) is -0.520. The molecule has 1 fully saturated rings. The zero-order chi connectivity index (χ0) is 16.2. The van der Waals surface area contributed by atoms with Crippen molar-refractivity contribution in [2.75, 3.05) is 26.7 Å². The molecular weight excluding hydrogens is 270 g/mol. The Morgan fingerprint density at radius 3 is 2.24 bits per heavy atom. The Balaban J connectivity index is 2.60. The van der Waals surface area contributed by atoms with E-state index >= 15 is 0 Å². The van der Waals surface area contributed by atoms with E-state index in [0.717, 1.165) is 32.5 Å². The molecule has 0 aliphatic carbocycles. The number of nitrogens with zero attached hydrogens (tertiary/aromatic N) is 2. The van der Waals surface area contributed by atoms with Gasteiger partial charge in [0.2, 0.25) is 0 Å². The van der Waals surface area contributed by atoms with Gasteiger partial charge in [0.05, 0.1) is 0 Å². The van der Waals surface area contributed by atoms with E-state index in [1.165, 1.54) is 0 Å². The molecule has 0 saturated carbocycles. The molecular formula is C15H29N3O3. The summed E-state index contributed by atoms with van der Waals surface area (Å²) in [4.78, 5) is 27.6. The average Bonchev–Trinajstić information content (AvgIpc) is 2.42. The van der Waals surface area contributed by atoms with Gasteiger partial charge in [0.15, 0.2) is 0 Å². The van der Waals surface area contributed by atoms with E-state index in [0.29, 0.717) is 0 Å². The summed E-state index contributed by atoms with van der Waals surface area (Å²) in [6, 6.07) is -1.00. The predicted octanol–water partition coefficient (Wildman–Crippen LogP) is 1.61. The number of nitrogens with one attached hydrogen (secondary N) is 1. The third kappa shape index (κ3) is 4.88. The van der Waals surface area contributed by atoms with E-state index in [2.05, 4.69) is 17.1 Å². The Hall–Kier alpha value is -1.30. The second-order valence-corrected chi connectivity index (χ2v) is 6.86. The molecule has 0 spiro atoms. The van der Waals surface area contributed by atoms with Crippen LogP contribution in [-0.2, 0) is 4.79 Å². The monoisotopic (exact) mass is 299 g/mol. The molecule has 1 heterocycles. The highest BCUT2D eigenvalue weighted by Crippen LogP contribution is 2.21. The summed E-state index contributed by atoms with van der Waals surface area (Å²) in [5, 5.41) is 11.9. The standard InChI is InChI=1S/C15H29N3O3/c1-6-18-9-7-11(8-10-18)17(5)14(21)16-12(13(19)20)15(2,3)4/h11-12H,6-10H2,1-5H3,(H,16,21)(H,19,20)/t12-/m0/s1. The van der Waals surface area contributed by atoms with Crippen LogP contribution >= 0.6 is 0 Å². The fourth-order valence-corrected chi connectivity index (χ4v) is 2.66. The van der Waals surface area contributed by atoms with Crippen LogP contribution in [0.2, 0.25) is 0 Å². The van der Waals surface area contributed by atoms with E-state index in [4.69, 9.17) is 0 Å². The number of hydrogen-bond donors (Lipinski definition) is 2. The molecule has 0 aromatic heterocycles. The van der Waals surface area contributed by atoms with Crippen LogP contribution < -0.4 is 5.32 Å². The number of carbonyl (C=O) groups is 2. The maximum Gasteiger partial charge on any atom is 0.326 e. The molecule has 1 rings (SSSR count). The molecule has 122 valence electrons. The van der Waals surface area contributed by atoms with Crippen LogP contribution in [0.5, 0.6) is 0 Å². The number of urea groups is 1. The van der Waals surface area contributed by atoms with Gasteiger partial charge in [0.1, 0.15) is 6.04 Å². The van der Waals surface area contributed by atoms with E-state index < -0.39 is 17.4 Å². The highest BCUT2D eigenvalue weighted by molar-refractivity contribution is 5.83. The lowest BCUT2D eigenvalue weighted by Gasteiger charge is -2.37. The minimum absolute atomic E-state index is 0.183. The Bertz CT molecular complexity index is 371. The van der Waals surface area contributed by atoms with Crippen LogP contribution in [0.15, 0.2) is 0 Å². The molecule has 0 unspecified atom stereocenters. The normalized spacial score (nSPS) is 19.1. The molecule has 0 aromatic rings. The topological polar surface area (TPSA) is 72.9 Å². The zero-order valence-corrected chi connectivity index (χ0v) is 13.8. The molecule has 6 heteroatoms. The van der Waals surface area contributed by atoms with Gasteiger partial charge in [-0.2, -0.15) is 0 Å². The maximum absolute atomic E-state index is 12.3. The van der Waals surface area contributed by atoms with Gasteiger partial charge in [-0.25, -0.2) is 9.59 Å². The van der Waals surface area contributed by atoms with Crippen LogP contribution in [0, 0.1) is 5.41 Å². The van der Waals surface area contributed by atoms with Crippen LogP contribution in [-0.4, -0.2) is 65.7 Å². The van der Waals surface area contributed by atoms with Crippen molar-refractivity contribution in [1.29, 1.82) is 0 Å². The number of carboxylic acid groups (broad SMARTS) is 1. The van der Waals surface area contributed by atoms with Crippen molar-refractivity contribution in [1.82, 2.24) is 15.1 Å². The third-order valence-electron chi connectivity index (χ3n) is 4.25. The number of hydrogen-bond acceptors (Lipinski definition) is 3. The summed E-state index contributed by atoms with van der Waals surface area (Å²) in [7, 11) is 1.75. The second-order valence-electron chi connectivity index (χ2n) is 6.86. The number of aliphatic carboxylic acids is 1. The Kier molecular flexibility index (Phi) is 6.01. The van der Waals surface area contributed by atoms with E-state index in [1.54, 1.807) is 11.9 Å². The molecule has 21 heavy (non-hydrogen) atoms. The quantitative estimate of drug-likeness (QED) is 0.827. The van der Waals surface area contributed by atoms with Crippen LogP contribution in [0.3, 0.4) is 0 Å². The first kappa shape index (κ1) is 17.8. The first-order valence-electron chi connectivity index (χ1n) is 7.65. The van der Waals surface area contributed by atoms with Crippen LogP contribution in [0.1, 0.15) is 40.5 Å². The van der Waals surface area contributed by atoms with Crippen molar-refractivity contribution in [2.45, 2.75) is 52.6 Å². The van der Waals surface area contributed by atoms with E-state index in [-0.39, 0.29) is 12.1 Å². The summed E-state index contributed by atoms with van der Waals surface area (Å²) >= 11 is 0. The molecule has 0 radical (unpaired) electrons. The fourth-order valence-electron chi connectivity index (χ4n) is 2.66. The average molecular weight is 299 g/mol. The van der Waals surface area contributed by atoms with Crippen LogP contribution in [0.4, 0.5) is 4.79 Å². The fraction of sp³-hybridized carbons (Fsp3) is 0.867. The molecule has 0 aromatic carbocycles. The Labute approximate surface area is 127 Å². The largest absolute Gasteiger partial charge is 0.480 e. The molecule has 1 saturated heterocycles. The van der Waals surface area contributed by atoms with Gasteiger partial charge in [-0.1, -0.05) is 27.7 Å². The molecule has 2 N–H and O–H groups in total. The Morgan fingerprint density at radius 1 is 1.33 bits per heavy atom. The first-order chi connectivity index (χ1) is 9.66. The number of carbonyl (C=O) groups excluding carboxylic acids is 1. The summed E-state index contributed by atoms with van der Waals surface area (Å²) < 4.78 is 0. The minimum atomic E-state index is -0.995. The van der Waals surface area contributed by atoms with Gasteiger partial charge in [0.25, 0.3) is 0 Å². The number of likely N-dealkylation sites (tertiary alicyclic amines) is 1. The van der Waals surface area contributed by atoms with Crippen LogP contribution in [0.25, 0.3) is 0 Å². The van der Waals surface area contributed by atoms with E-state index in [1.807, 2.05) is 20.8 Å². The summed E-state index contributed by atoms with van der Waals surface area (Å²) in [6.45, 7) is 10.6. The molecule has 2 amide bonds. The number of carboxylic acids is 1. The lowest BCUT2D eigenvalue weighted by molar-refractivity contribution is -0.142. The van der Waals surface area contributed by atoms with Gasteiger partial charge in [-0.05, 0) is 24.8 Å². The predicted molar refractivity (Wildman–Crippen MR) is 82.3 cm³/mol. The van der Waals surface area contributed by atoms with E-state index in [9.17, 15) is 14.7 Å². The van der Waals surface area contributed by atoms with Gasteiger partial charge in [-0.15, -0.1) is 0 Å². The number of piperidine rings is 1. The van der Waals surface area contributed by atoms with Crippen molar-refractivity contribution in [3.05, 3.63) is 0 Å². The van der Waals surface area contributed by atoms with Crippen molar-refractivity contribution < 1.29 is 14.7 Å². The Morgan fingerprint density at radius 2 is 1.86 bits per heavy atom. The van der Waals surface area contributed by atoms with Crippen molar-refractivity contribution >= 4 is 12.0 Å².